The van der Waals surface area contributed by atoms with Crippen LogP contribution in [0.5, 0.6) is 0 Å². The summed E-state index contributed by atoms with van der Waals surface area (Å²) in [4.78, 5) is 2.41. The number of nitrogens with zero attached hydrogens (tertiary/aromatic N) is 1. The van der Waals surface area contributed by atoms with Crippen molar-refractivity contribution >= 4 is 10.8 Å². The minimum Gasteiger partial charge on any atom is -0.309 e. The Hall–Kier alpha value is 0.0700. The highest BCUT2D eigenvalue weighted by Crippen LogP contribution is 2.09. The number of rotatable bonds is 4. The van der Waals surface area contributed by atoms with E-state index in [2.05, 4.69) is 24.1 Å². The predicted octanol–water partition coefficient (Wildman–Crippen LogP) is 0.439. The van der Waals surface area contributed by atoms with Crippen LogP contribution in [-0.4, -0.2) is 52.3 Å². The predicted molar refractivity (Wildman–Crippen MR) is 62.1 cm³/mol. The molecular formula is C10H22N2OS. The Bertz CT molecular complexity index is 206. The van der Waals surface area contributed by atoms with Gasteiger partial charge in [0.15, 0.2) is 0 Å². The van der Waals surface area contributed by atoms with Crippen LogP contribution in [0.3, 0.4) is 0 Å². The second-order valence-corrected chi connectivity index (χ2v) is 6.38. The third-order valence-corrected chi connectivity index (χ3v) is 3.89. The lowest BCUT2D eigenvalue weighted by atomic mass is 10.0. The molecule has 0 spiro atoms. The Labute approximate surface area is 89.7 Å². The topological polar surface area (TPSA) is 32.3 Å². The summed E-state index contributed by atoms with van der Waals surface area (Å²) in [6, 6.07) is 0. The second kappa shape index (κ2) is 5.24. The molecule has 1 heterocycles. The minimum absolute atomic E-state index is 0.214. The van der Waals surface area contributed by atoms with E-state index in [4.69, 9.17) is 0 Å². The average molecular weight is 218 g/mol. The molecule has 0 radical (unpaired) electrons. The van der Waals surface area contributed by atoms with E-state index in [-0.39, 0.29) is 5.54 Å². The summed E-state index contributed by atoms with van der Waals surface area (Å²) >= 11 is 0. The van der Waals surface area contributed by atoms with Gasteiger partial charge in [-0.3, -0.25) is 9.11 Å². The van der Waals surface area contributed by atoms with Crippen LogP contribution >= 0.6 is 0 Å². The van der Waals surface area contributed by atoms with Gasteiger partial charge in [-0.15, -0.1) is 0 Å². The van der Waals surface area contributed by atoms with Crippen LogP contribution in [0.2, 0.25) is 0 Å². The molecule has 0 saturated carbocycles. The van der Waals surface area contributed by atoms with Crippen molar-refractivity contribution in [2.45, 2.75) is 26.3 Å². The standard InChI is InChI=1S/C10H22N2OS/c1-4-14(13)8-7-12-6-5-11-10(2,3)9-12/h11H,4-9H2,1-3H3. The quantitative estimate of drug-likeness (QED) is 0.743. The van der Waals surface area contributed by atoms with Crippen molar-refractivity contribution in [1.82, 2.24) is 10.2 Å². The van der Waals surface area contributed by atoms with Gasteiger partial charge in [-0.05, 0) is 13.8 Å². The maximum Gasteiger partial charge on any atom is 0.0362 e. The SMILES string of the molecule is CCS(=O)CCN1CCNC(C)(C)C1. The molecule has 0 amide bonds. The first-order valence-electron chi connectivity index (χ1n) is 5.36. The molecule has 3 nitrogen and oxygen atoms in total. The van der Waals surface area contributed by atoms with Crippen LogP contribution in [0.1, 0.15) is 20.8 Å². The van der Waals surface area contributed by atoms with Gasteiger partial charge in [0.25, 0.3) is 0 Å². The summed E-state index contributed by atoms with van der Waals surface area (Å²) < 4.78 is 11.3. The molecule has 1 atom stereocenters. The molecule has 14 heavy (non-hydrogen) atoms. The van der Waals surface area contributed by atoms with E-state index in [1.807, 2.05) is 6.92 Å². The van der Waals surface area contributed by atoms with Crippen LogP contribution in [0.15, 0.2) is 0 Å². The minimum atomic E-state index is -0.616. The molecular weight excluding hydrogens is 196 g/mol. The van der Waals surface area contributed by atoms with Gasteiger partial charge >= 0.3 is 0 Å². The van der Waals surface area contributed by atoms with E-state index in [0.717, 1.165) is 37.7 Å². The number of hydrogen-bond donors (Lipinski definition) is 1. The van der Waals surface area contributed by atoms with Gasteiger partial charge in [0.05, 0.1) is 0 Å². The smallest absolute Gasteiger partial charge is 0.0362 e. The van der Waals surface area contributed by atoms with Crippen LogP contribution in [0.4, 0.5) is 0 Å². The summed E-state index contributed by atoms with van der Waals surface area (Å²) in [5.41, 5.74) is 0.214. The molecule has 1 N–H and O–H groups in total. The molecule has 0 aromatic carbocycles. The van der Waals surface area contributed by atoms with E-state index in [9.17, 15) is 4.21 Å². The van der Waals surface area contributed by atoms with Crippen LogP contribution < -0.4 is 5.32 Å². The maximum absolute atomic E-state index is 11.3. The van der Waals surface area contributed by atoms with Gasteiger partial charge < -0.3 is 5.32 Å². The molecule has 1 aliphatic heterocycles. The van der Waals surface area contributed by atoms with Crippen LogP contribution in [0, 0.1) is 0 Å². The van der Waals surface area contributed by atoms with Crippen LogP contribution in [-0.2, 0) is 10.8 Å². The third kappa shape index (κ3) is 4.07. The Morgan fingerprint density at radius 3 is 2.79 bits per heavy atom. The van der Waals surface area contributed by atoms with Crippen molar-refractivity contribution in [3.05, 3.63) is 0 Å². The number of nitrogens with one attached hydrogen (secondary N) is 1. The lowest BCUT2D eigenvalue weighted by Crippen LogP contribution is -2.57. The van der Waals surface area contributed by atoms with Crippen molar-refractivity contribution in [1.29, 1.82) is 0 Å². The fraction of sp³-hybridized carbons (Fsp3) is 1.00. The highest BCUT2D eigenvalue weighted by atomic mass is 32.2. The summed E-state index contributed by atoms with van der Waals surface area (Å²) in [7, 11) is -0.616. The van der Waals surface area contributed by atoms with Gasteiger partial charge in [-0.2, -0.15) is 0 Å². The maximum atomic E-state index is 11.3. The van der Waals surface area contributed by atoms with Crippen molar-refractivity contribution in [3.8, 4) is 0 Å². The average Bonchev–Trinajstić information content (AvgIpc) is 2.12. The highest BCUT2D eigenvalue weighted by Gasteiger charge is 2.25. The monoisotopic (exact) mass is 218 g/mol. The molecule has 0 aliphatic carbocycles. The van der Waals surface area contributed by atoms with Gasteiger partial charge in [0.2, 0.25) is 0 Å². The van der Waals surface area contributed by atoms with Crippen molar-refractivity contribution < 1.29 is 4.21 Å². The largest absolute Gasteiger partial charge is 0.309 e. The Morgan fingerprint density at radius 1 is 1.50 bits per heavy atom. The zero-order chi connectivity index (χ0) is 10.6. The fourth-order valence-electron chi connectivity index (χ4n) is 1.81. The van der Waals surface area contributed by atoms with Crippen LogP contribution in [0.25, 0.3) is 0 Å². The summed E-state index contributed by atoms with van der Waals surface area (Å²) in [5.74, 6) is 1.61. The molecule has 1 fully saturated rings. The first-order chi connectivity index (χ1) is 6.53. The Morgan fingerprint density at radius 2 is 2.21 bits per heavy atom. The van der Waals surface area contributed by atoms with E-state index < -0.39 is 10.8 Å². The lowest BCUT2D eigenvalue weighted by Gasteiger charge is -2.39. The van der Waals surface area contributed by atoms with E-state index in [1.54, 1.807) is 0 Å². The zero-order valence-corrected chi connectivity index (χ0v) is 10.3. The molecule has 84 valence electrons. The number of piperazine rings is 1. The van der Waals surface area contributed by atoms with E-state index >= 15 is 0 Å². The molecule has 1 rings (SSSR count). The van der Waals surface area contributed by atoms with Gasteiger partial charge in [-0.25, -0.2) is 0 Å². The van der Waals surface area contributed by atoms with Gasteiger partial charge in [0.1, 0.15) is 0 Å². The van der Waals surface area contributed by atoms with Crippen molar-refractivity contribution in [2.24, 2.45) is 0 Å². The molecule has 0 aromatic rings. The van der Waals surface area contributed by atoms with Gasteiger partial charge in [-0.1, -0.05) is 6.92 Å². The molecule has 1 aliphatic rings. The Balaban J connectivity index is 2.28. The van der Waals surface area contributed by atoms with E-state index in [0.29, 0.717) is 0 Å². The third-order valence-electron chi connectivity index (χ3n) is 2.61. The second-order valence-electron chi connectivity index (χ2n) is 4.52. The normalized spacial score (nSPS) is 24.8. The fourth-order valence-corrected chi connectivity index (χ4v) is 2.56. The molecule has 4 heteroatoms. The lowest BCUT2D eigenvalue weighted by molar-refractivity contribution is 0.162. The van der Waals surface area contributed by atoms with Crippen molar-refractivity contribution in [2.75, 3.05) is 37.7 Å². The summed E-state index contributed by atoms with van der Waals surface area (Å²) in [6.07, 6.45) is 0. The summed E-state index contributed by atoms with van der Waals surface area (Å²) in [5, 5.41) is 3.47. The number of hydrogen-bond acceptors (Lipinski definition) is 3. The van der Waals surface area contributed by atoms with Crippen molar-refractivity contribution in [3.63, 3.8) is 0 Å². The first-order valence-corrected chi connectivity index (χ1v) is 6.84. The Kier molecular flexibility index (Phi) is 4.54. The highest BCUT2D eigenvalue weighted by molar-refractivity contribution is 7.84. The van der Waals surface area contributed by atoms with E-state index in [1.165, 1.54) is 0 Å². The first kappa shape index (κ1) is 12.1. The summed E-state index contributed by atoms with van der Waals surface area (Å²) in [6.45, 7) is 10.6. The van der Waals surface area contributed by atoms with Gasteiger partial charge in [0, 0.05) is 54.0 Å². The molecule has 1 unspecified atom stereocenters. The molecule has 0 aromatic heterocycles. The molecule has 1 saturated heterocycles. The zero-order valence-electron chi connectivity index (χ0n) is 9.51. The molecule has 0 bridgehead atoms.